The van der Waals surface area contributed by atoms with Gasteiger partial charge in [0, 0.05) is 17.1 Å². The molecular formula is C25H21ClFN3OS. The van der Waals surface area contributed by atoms with E-state index in [4.69, 9.17) is 21.6 Å². The first kappa shape index (κ1) is 22.2. The van der Waals surface area contributed by atoms with Crippen LogP contribution in [0.2, 0.25) is 5.02 Å². The lowest BCUT2D eigenvalue weighted by Gasteiger charge is -2.08. The molecular weight excluding hydrogens is 445 g/mol. The lowest BCUT2D eigenvalue weighted by atomic mass is 10.1. The molecule has 0 aliphatic carbocycles. The number of halogens is 2. The number of nitrogens with one attached hydrogen (secondary N) is 1. The van der Waals surface area contributed by atoms with Crippen molar-refractivity contribution in [3.05, 3.63) is 88.2 Å². The first-order chi connectivity index (χ1) is 15.4. The van der Waals surface area contributed by atoms with Crippen LogP contribution in [0.25, 0.3) is 0 Å². The van der Waals surface area contributed by atoms with Crippen LogP contribution in [0.5, 0.6) is 0 Å². The predicted molar refractivity (Wildman–Crippen MR) is 133 cm³/mol. The maximum Gasteiger partial charge on any atom is 0.234 e. The van der Waals surface area contributed by atoms with Crippen LogP contribution in [0.15, 0.2) is 70.6 Å². The summed E-state index contributed by atoms with van der Waals surface area (Å²) in [5, 5.41) is 4.26. The Labute approximate surface area is 195 Å². The van der Waals surface area contributed by atoms with Crippen LogP contribution in [-0.2, 0) is 4.79 Å². The maximum atomic E-state index is 13.4. The molecule has 0 atom stereocenters. The third kappa shape index (κ3) is 5.44. The number of amides is 1. The fourth-order valence-electron chi connectivity index (χ4n) is 3.24. The van der Waals surface area contributed by atoms with Crippen molar-refractivity contribution in [1.82, 2.24) is 0 Å². The molecule has 1 heterocycles. The van der Waals surface area contributed by atoms with E-state index in [-0.39, 0.29) is 17.5 Å². The number of hydrogen-bond acceptors (Lipinski definition) is 4. The van der Waals surface area contributed by atoms with Crippen LogP contribution in [-0.4, -0.2) is 22.4 Å². The molecule has 0 radical (unpaired) electrons. The Morgan fingerprint density at radius 3 is 2.28 bits per heavy atom. The Morgan fingerprint density at radius 1 is 1.00 bits per heavy atom. The van der Waals surface area contributed by atoms with Crippen LogP contribution in [0.3, 0.4) is 0 Å². The van der Waals surface area contributed by atoms with Crippen molar-refractivity contribution in [3.8, 4) is 0 Å². The molecule has 7 heteroatoms. The predicted octanol–water partition coefficient (Wildman–Crippen LogP) is 7.02. The van der Waals surface area contributed by atoms with Crippen molar-refractivity contribution in [2.75, 3.05) is 11.1 Å². The Morgan fingerprint density at radius 2 is 1.62 bits per heavy atom. The molecule has 0 spiro atoms. The van der Waals surface area contributed by atoms with Gasteiger partial charge in [-0.2, -0.15) is 0 Å². The van der Waals surface area contributed by atoms with Crippen LogP contribution in [0.4, 0.5) is 21.5 Å². The number of carbonyl (C=O) groups is 1. The molecule has 1 aliphatic heterocycles. The van der Waals surface area contributed by atoms with E-state index in [2.05, 4.69) is 5.32 Å². The highest BCUT2D eigenvalue weighted by atomic mass is 35.5. The summed E-state index contributed by atoms with van der Waals surface area (Å²) < 4.78 is 13.4. The highest BCUT2D eigenvalue weighted by Gasteiger charge is 2.18. The van der Waals surface area contributed by atoms with Gasteiger partial charge in [0.2, 0.25) is 5.91 Å². The summed E-state index contributed by atoms with van der Waals surface area (Å²) in [5.74, 6) is -0.222. The molecule has 0 saturated carbocycles. The summed E-state index contributed by atoms with van der Waals surface area (Å²) in [4.78, 5) is 22.1. The highest BCUT2D eigenvalue weighted by molar-refractivity contribution is 8.14. The van der Waals surface area contributed by atoms with Crippen molar-refractivity contribution in [3.63, 3.8) is 0 Å². The summed E-state index contributed by atoms with van der Waals surface area (Å²) in [6.07, 6.45) is 0.456. The number of fused-ring (bicyclic) bond motifs is 1. The van der Waals surface area contributed by atoms with Gasteiger partial charge in [-0.3, -0.25) is 9.79 Å². The molecule has 162 valence electrons. The van der Waals surface area contributed by atoms with Gasteiger partial charge >= 0.3 is 0 Å². The number of thioether (sulfide) groups is 1. The van der Waals surface area contributed by atoms with Crippen LogP contribution in [0.1, 0.15) is 23.1 Å². The average molecular weight is 466 g/mol. The second kappa shape index (κ2) is 9.67. The SMILES string of the molecule is Cc1cc2c(cc1C)N=C(c1ccc(F)cc1)CC(SCC(=O)Nc1ccc(Cl)cc1)=N2. The minimum absolute atomic E-state index is 0.134. The Balaban J connectivity index is 1.57. The standard InChI is InChI=1S/C25H21ClFN3OS/c1-15-11-22-23(12-16(15)2)30-25(13-21(29-22)17-3-7-19(27)8-4-17)32-14-24(31)28-20-9-5-18(26)6-10-20/h3-12H,13-14H2,1-2H3,(H,28,31). The van der Waals surface area contributed by atoms with Gasteiger partial charge in [-0.1, -0.05) is 23.7 Å². The number of rotatable bonds is 4. The molecule has 0 bridgehead atoms. The van der Waals surface area contributed by atoms with Gasteiger partial charge in [0.1, 0.15) is 5.82 Å². The van der Waals surface area contributed by atoms with Gasteiger partial charge in [0.25, 0.3) is 0 Å². The largest absolute Gasteiger partial charge is 0.325 e. The third-order valence-electron chi connectivity index (χ3n) is 5.09. The molecule has 0 unspecified atom stereocenters. The Hall–Kier alpha value is -2.96. The smallest absolute Gasteiger partial charge is 0.234 e. The van der Waals surface area contributed by atoms with E-state index in [1.165, 1.54) is 23.9 Å². The minimum atomic E-state index is -0.294. The van der Waals surface area contributed by atoms with Crippen molar-refractivity contribution in [1.29, 1.82) is 0 Å². The van der Waals surface area contributed by atoms with Crippen molar-refractivity contribution >= 4 is 57.1 Å². The van der Waals surface area contributed by atoms with E-state index in [0.29, 0.717) is 17.1 Å². The maximum absolute atomic E-state index is 13.4. The molecule has 32 heavy (non-hydrogen) atoms. The number of anilines is 1. The monoisotopic (exact) mass is 465 g/mol. The molecule has 1 amide bonds. The van der Waals surface area contributed by atoms with Gasteiger partial charge in [-0.05, 0) is 79.1 Å². The summed E-state index contributed by atoms with van der Waals surface area (Å²) in [6.45, 7) is 4.07. The Bertz CT molecular complexity index is 1220. The molecule has 3 aromatic rings. The van der Waals surface area contributed by atoms with Gasteiger partial charge in [0.05, 0.1) is 27.9 Å². The molecule has 0 aromatic heterocycles. The topological polar surface area (TPSA) is 53.8 Å². The normalized spacial score (nSPS) is 13.0. The summed E-state index contributed by atoms with van der Waals surface area (Å²) in [6, 6.07) is 17.3. The zero-order chi connectivity index (χ0) is 22.7. The zero-order valence-electron chi connectivity index (χ0n) is 17.7. The molecule has 3 aromatic carbocycles. The van der Waals surface area contributed by atoms with Gasteiger partial charge in [-0.25, -0.2) is 9.38 Å². The molecule has 4 nitrogen and oxygen atoms in total. The Kier molecular flexibility index (Phi) is 6.72. The molecule has 0 saturated heterocycles. The number of aliphatic imine (C=N–C) groups is 2. The van der Waals surface area contributed by atoms with Crippen molar-refractivity contribution in [2.24, 2.45) is 9.98 Å². The summed E-state index contributed by atoms with van der Waals surface area (Å²) in [7, 11) is 0. The highest BCUT2D eigenvalue weighted by Crippen LogP contribution is 2.36. The van der Waals surface area contributed by atoms with Crippen LogP contribution in [0, 0.1) is 19.7 Å². The number of nitrogens with zero attached hydrogens (tertiary/aromatic N) is 2. The zero-order valence-corrected chi connectivity index (χ0v) is 19.2. The van der Waals surface area contributed by atoms with Gasteiger partial charge < -0.3 is 5.32 Å². The van der Waals surface area contributed by atoms with E-state index in [9.17, 15) is 9.18 Å². The summed E-state index contributed by atoms with van der Waals surface area (Å²) in [5.41, 5.74) is 6.09. The van der Waals surface area contributed by atoms with Gasteiger partial charge in [-0.15, -0.1) is 11.8 Å². The number of benzene rings is 3. The number of aryl methyl sites for hydroxylation is 2. The second-order valence-corrected chi connectivity index (χ2v) is 9.00. The lowest BCUT2D eigenvalue weighted by Crippen LogP contribution is -2.16. The fourth-order valence-corrected chi connectivity index (χ4v) is 4.14. The first-order valence-corrected chi connectivity index (χ1v) is 11.4. The lowest BCUT2D eigenvalue weighted by molar-refractivity contribution is -0.113. The van der Waals surface area contributed by atoms with Gasteiger partial charge in [0.15, 0.2) is 0 Å². The van der Waals surface area contributed by atoms with E-state index >= 15 is 0 Å². The van der Waals surface area contributed by atoms with Crippen molar-refractivity contribution < 1.29 is 9.18 Å². The van der Waals surface area contributed by atoms with Crippen LogP contribution < -0.4 is 5.32 Å². The minimum Gasteiger partial charge on any atom is -0.325 e. The molecule has 4 rings (SSSR count). The molecule has 1 aliphatic rings. The van der Waals surface area contributed by atoms with E-state index in [1.807, 2.05) is 26.0 Å². The second-order valence-electron chi connectivity index (χ2n) is 7.52. The first-order valence-electron chi connectivity index (χ1n) is 10.1. The van der Waals surface area contributed by atoms with Crippen LogP contribution >= 0.6 is 23.4 Å². The molecule has 1 N–H and O–H groups in total. The third-order valence-corrected chi connectivity index (χ3v) is 6.31. The van der Waals surface area contributed by atoms with E-state index in [1.54, 1.807) is 36.4 Å². The summed E-state index contributed by atoms with van der Waals surface area (Å²) >= 11 is 7.27. The average Bonchev–Trinajstić information content (AvgIpc) is 2.94. The fraction of sp³-hybridized carbons (Fsp3) is 0.160. The van der Waals surface area contributed by atoms with E-state index < -0.39 is 0 Å². The number of hydrogen-bond donors (Lipinski definition) is 1. The molecule has 0 fully saturated rings. The van der Waals surface area contributed by atoms with E-state index in [0.717, 1.165) is 38.8 Å². The quantitative estimate of drug-likeness (QED) is 0.450. The van der Waals surface area contributed by atoms with Crippen molar-refractivity contribution in [2.45, 2.75) is 20.3 Å². The number of carbonyl (C=O) groups excluding carboxylic acids is 1.